The highest BCUT2D eigenvalue weighted by Gasteiger charge is 2.28. The largest absolute Gasteiger partial charge is 0.347 e. The molecule has 128 valence electrons. The number of hydrogen-bond acceptors (Lipinski definition) is 2. The lowest BCUT2D eigenvalue weighted by Crippen LogP contribution is -2.37. The van der Waals surface area contributed by atoms with Gasteiger partial charge >= 0.3 is 0 Å². The van der Waals surface area contributed by atoms with Crippen molar-refractivity contribution < 1.29 is 9.59 Å². The quantitative estimate of drug-likeness (QED) is 0.534. The summed E-state index contributed by atoms with van der Waals surface area (Å²) < 4.78 is 1.96. The summed E-state index contributed by atoms with van der Waals surface area (Å²) >= 11 is 0. The summed E-state index contributed by atoms with van der Waals surface area (Å²) in [6.07, 6.45) is 0. The Kier molecular flexibility index (Phi) is 4.45. The number of ketones is 1. The molecule has 0 unspecified atom stereocenters. The summed E-state index contributed by atoms with van der Waals surface area (Å²) in [7, 11) is 1.91. The minimum absolute atomic E-state index is 0.444. The number of carbonyl (C=O) groups is 2. The lowest BCUT2D eigenvalue weighted by atomic mass is 10.0. The fraction of sp³-hybridized carbons (Fsp3) is 0.238. The molecule has 3 aromatic rings. The van der Waals surface area contributed by atoms with Crippen LogP contribution in [0.25, 0.3) is 10.9 Å². The summed E-state index contributed by atoms with van der Waals surface area (Å²) in [5.74, 6) is -0.948. The Balaban J connectivity index is 2.08. The summed E-state index contributed by atoms with van der Waals surface area (Å²) in [6.45, 7) is 6.15. The molecule has 0 atom stereocenters. The van der Waals surface area contributed by atoms with Crippen molar-refractivity contribution in [2.75, 3.05) is 11.4 Å². The van der Waals surface area contributed by atoms with Gasteiger partial charge in [-0.3, -0.25) is 9.59 Å². The Hall–Kier alpha value is -2.88. The molecular formula is C21H22N2O2. The molecule has 4 heteroatoms. The lowest BCUT2D eigenvalue weighted by molar-refractivity contribution is -0.114. The molecule has 0 aliphatic carbocycles. The smallest absolute Gasteiger partial charge is 0.299 e. The van der Waals surface area contributed by atoms with Crippen LogP contribution in [0.1, 0.15) is 28.5 Å². The predicted octanol–water partition coefficient (Wildman–Crippen LogP) is 4.03. The average Bonchev–Trinajstić information content (AvgIpc) is 2.88. The third-order valence-corrected chi connectivity index (χ3v) is 4.79. The normalized spacial score (nSPS) is 10.9. The third kappa shape index (κ3) is 2.74. The number of nitrogens with zero attached hydrogens (tertiary/aromatic N) is 2. The number of aryl methyl sites for hydroxylation is 2. The van der Waals surface area contributed by atoms with Gasteiger partial charge in [0.15, 0.2) is 0 Å². The second-order valence-electron chi connectivity index (χ2n) is 6.20. The topological polar surface area (TPSA) is 42.3 Å². The molecule has 0 bridgehead atoms. The molecule has 0 spiro atoms. The van der Waals surface area contributed by atoms with Crippen LogP contribution in [0.5, 0.6) is 0 Å². The van der Waals surface area contributed by atoms with Gasteiger partial charge in [-0.1, -0.05) is 36.4 Å². The fourth-order valence-corrected chi connectivity index (χ4v) is 3.33. The van der Waals surface area contributed by atoms with E-state index in [4.69, 9.17) is 0 Å². The fourth-order valence-electron chi connectivity index (χ4n) is 3.33. The lowest BCUT2D eigenvalue weighted by Gasteiger charge is -2.22. The van der Waals surface area contributed by atoms with E-state index in [9.17, 15) is 9.59 Å². The number of Topliss-reactive ketones (excluding diaryl/α,β-unsaturated/α-hetero) is 1. The summed E-state index contributed by atoms with van der Waals surface area (Å²) in [4.78, 5) is 27.6. The number of benzene rings is 2. The van der Waals surface area contributed by atoms with E-state index in [1.54, 1.807) is 4.90 Å². The zero-order chi connectivity index (χ0) is 18.1. The van der Waals surface area contributed by atoms with Crippen molar-refractivity contribution >= 4 is 28.3 Å². The van der Waals surface area contributed by atoms with E-state index < -0.39 is 11.7 Å². The molecular weight excluding hydrogens is 312 g/mol. The minimum Gasteiger partial charge on any atom is -0.347 e. The van der Waals surface area contributed by atoms with Crippen LogP contribution in [-0.2, 0) is 11.8 Å². The first kappa shape index (κ1) is 17.0. The zero-order valence-electron chi connectivity index (χ0n) is 15.0. The van der Waals surface area contributed by atoms with E-state index in [1.807, 2.05) is 80.9 Å². The Morgan fingerprint density at radius 1 is 1.00 bits per heavy atom. The number of hydrogen-bond donors (Lipinski definition) is 0. The Morgan fingerprint density at radius 3 is 2.32 bits per heavy atom. The number of carbonyl (C=O) groups excluding carboxylic acids is 2. The number of para-hydroxylation sites is 2. The van der Waals surface area contributed by atoms with Crippen LogP contribution in [0.15, 0.2) is 48.5 Å². The number of anilines is 1. The van der Waals surface area contributed by atoms with E-state index in [2.05, 4.69) is 0 Å². The van der Waals surface area contributed by atoms with Crippen molar-refractivity contribution in [3.63, 3.8) is 0 Å². The van der Waals surface area contributed by atoms with E-state index in [0.717, 1.165) is 27.8 Å². The monoisotopic (exact) mass is 334 g/mol. The molecule has 1 heterocycles. The van der Waals surface area contributed by atoms with E-state index >= 15 is 0 Å². The SMILES string of the molecule is CCN(C(=O)C(=O)c1c(C)n(C)c2ccccc12)c1ccccc1C. The van der Waals surface area contributed by atoms with Crippen molar-refractivity contribution in [2.24, 2.45) is 7.05 Å². The van der Waals surface area contributed by atoms with Crippen LogP contribution >= 0.6 is 0 Å². The maximum absolute atomic E-state index is 13.1. The van der Waals surface area contributed by atoms with Gasteiger partial charge in [0.1, 0.15) is 0 Å². The van der Waals surface area contributed by atoms with Crippen LogP contribution < -0.4 is 4.90 Å². The van der Waals surface area contributed by atoms with Crippen LogP contribution in [0, 0.1) is 13.8 Å². The van der Waals surface area contributed by atoms with Gasteiger partial charge < -0.3 is 9.47 Å². The zero-order valence-corrected chi connectivity index (χ0v) is 15.0. The van der Waals surface area contributed by atoms with Gasteiger partial charge in [-0.15, -0.1) is 0 Å². The van der Waals surface area contributed by atoms with Crippen LogP contribution in [-0.4, -0.2) is 22.8 Å². The second kappa shape index (κ2) is 6.55. The number of aromatic nitrogens is 1. The molecule has 3 rings (SSSR count). The van der Waals surface area contributed by atoms with Gasteiger partial charge in [0.05, 0.1) is 5.56 Å². The molecule has 0 saturated heterocycles. The molecule has 1 amide bonds. The number of amides is 1. The Morgan fingerprint density at radius 2 is 1.64 bits per heavy atom. The summed E-state index contributed by atoms with van der Waals surface area (Å²) in [6, 6.07) is 15.3. The van der Waals surface area contributed by atoms with Crippen molar-refractivity contribution in [1.82, 2.24) is 4.57 Å². The molecule has 0 N–H and O–H groups in total. The molecule has 1 aromatic heterocycles. The standard InChI is InChI=1S/C21H22N2O2/c1-5-23(17-12-8-6-10-14(17)2)21(25)20(24)19-15(3)22(4)18-13-9-7-11-16(18)19/h6-13H,5H2,1-4H3. The highest BCUT2D eigenvalue weighted by molar-refractivity contribution is 6.49. The molecule has 0 saturated carbocycles. The third-order valence-electron chi connectivity index (χ3n) is 4.79. The van der Waals surface area contributed by atoms with Gasteiger partial charge in [0, 0.05) is 35.9 Å². The average molecular weight is 334 g/mol. The van der Waals surface area contributed by atoms with Crippen molar-refractivity contribution in [2.45, 2.75) is 20.8 Å². The molecule has 0 aliphatic rings. The van der Waals surface area contributed by atoms with Gasteiger partial charge in [0.2, 0.25) is 0 Å². The molecule has 25 heavy (non-hydrogen) atoms. The van der Waals surface area contributed by atoms with E-state index in [-0.39, 0.29) is 0 Å². The summed E-state index contributed by atoms with van der Waals surface area (Å²) in [5.41, 5.74) is 4.01. The van der Waals surface area contributed by atoms with E-state index in [0.29, 0.717) is 12.1 Å². The van der Waals surface area contributed by atoms with Crippen molar-refractivity contribution in [3.8, 4) is 0 Å². The highest BCUT2D eigenvalue weighted by Crippen LogP contribution is 2.27. The van der Waals surface area contributed by atoms with Crippen molar-refractivity contribution in [3.05, 3.63) is 65.4 Å². The van der Waals surface area contributed by atoms with Crippen LogP contribution in [0.2, 0.25) is 0 Å². The van der Waals surface area contributed by atoms with E-state index in [1.165, 1.54) is 0 Å². The Labute approximate surface area is 147 Å². The first-order valence-corrected chi connectivity index (χ1v) is 8.43. The number of rotatable bonds is 4. The second-order valence-corrected chi connectivity index (χ2v) is 6.20. The molecule has 0 fully saturated rings. The molecule has 0 radical (unpaired) electrons. The Bertz CT molecular complexity index is 969. The first-order valence-electron chi connectivity index (χ1n) is 8.43. The van der Waals surface area contributed by atoms with Crippen LogP contribution in [0.3, 0.4) is 0 Å². The molecule has 4 nitrogen and oxygen atoms in total. The first-order chi connectivity index (χ1) is 12.0. The predicted molar refractivity (Wildman–Crippen MR) is 101 cm³/mol. The van der Waals surface area contributed by atoms with Gasteiger partial charge in [0.25, 0.3) is 11.7 Å². The molecule has 0 aliphatic heterocycles. The maximum Gasteiger partial charge on any atom is 0.299 e. The minimum atomic E-state index is -0.490. The highest BCUT2D eigenvalue weighted by atomic mass is 16.2. The van der Waals surface area contributed by atoms with Gasteiger partial charge in [-0.05, 0) is 38.5 Å². The number of fused-ring (bicyclic) bond motifs is 1. The molecule has 2 aromatic carbocycles. The van der Waals surface area contributed by atoms with Gasteiger partial charge in [-0.2, -0.15) is 0 Å². The van der Waals surface area contributed by atoms with Gasteiger partial charge in [-0.25, -0.2) is 0 Å². The number of likely N-dealkylation sites (N-methyl/N-ethyl adjacent to an activating group) is 1. The van der Waals surface area contributed by atoms with Crippen LogP contribution in [0.4, 0.5) is 5.69 Å². The summed E-state index contributed by atoms with van der Waals surface area (Å²) in [5, 5.41) is 0.821. The van der Waals surface area contributed by atoms with Crippen molar-refractivity contribution in [1.29, 1.82) is 0 Å². The maximum atomic E-state index is 13.1.